The molecule has 0 fully saturated rings. The Bertz CT molecular complexity index is 1100. The minimum Gasteiger partial charge on any atom is -0.300 e. The monoisotopic (exact) mass is 480 g/mol. The van der Waals surface area contributed by atoms with Gasteiger partial charge in [-0.2, -0.15) is 9.36 Å². The van der Waals surface area contributed by atoms with Gasteiger partial charge in [0.2, 0.25) is 16.2 Å². The molecule has 0 aliphatic carbocycles. The first-order valence-electron chi connectivity index (χ1n) is 8.94. The summed E-state index contributed by atoms with van der Waals surface area (Å²) in [6.07, 6.45) is 0. The van der Waals surface area contributed by atoms with E-state index in [1.807, 2.05) is 13.8 Å². The van der Waals surface area contributed by atoms with E-state index in [9.17, 15) is 13.2 Å². The Hall–Kier alpha value is -2.08. The Labute approximate surface area is 188 Å². The number of nitrogens with zero attached hydrogens (tertiary/aromatic N) is 2. The van der Waals surface area contributed by atoms with Crippen molar-refractivity contribution in [1.29, 1.82) is 0 Å². The fourth-order valence-corrected chi connectivity index (χ4v) is 5.35. The predicted molar refractivity (Wildman–Crippen MR) is 124 cm³/mol. The lowest BCUT2D eigenvalue weighted by Crippen LogP contribution is -2.14. The summed E-state index contributed by atoms with van der Waals surface area (Å²) in [6.45, 7) is 3.91. The molecule has 1 heterocycles. The van der Waals surface area contributed by atoms with E-state index in [1.165, 1.54) is 23.5 Å². The van der Waals surface area contributed by atoms with Crippen LogP contribution in [0, 0.1) is 6.92 Å². The van der Waals surface area contributed by atoms with Gasteiger partial charge in [0.25, 0.3) is 10.0 Å². The molecule has 0 saturated carbocycles. The molecule has 1 aromatic heterocycles. The molecule has 0 atom stereocenters. The minimum atomic E-state index is -3.64. The van der Waals surface area contributed by atoms with Gasteiger partial charge in [0.1, 0.15) is 0 Å². The standard InChI is InChI=1S/C19H20N4O3S4/c1-3-27-19-21-18(29-22-19)20-17(24)12-28-15-8-6-14(7-9-15)23-30(25,26)16-10-4-13(2)5-11-16/h4-11,23H,3,12H2,1-2H3,(H,20,21,22,24). The van der Waals surface area contributed by atoms with Gasteiger partial charge < -0.3 is 0 Å². The van der Waals surface area contributed by atoms with Crippen molar-refractivity contribution in [3.63, 3.8) is 0 Å². The van der Waals surface area contributed by atoms with Crippen LogP contribution in [0.3, 0.4) is 0 Å². The molecule has 11 heteroatoms. The largest absolute Gasteiger partial charge is 0.300 e. The minimum absolute atomic E-state index is 0.173. The zero-order valence-electron chi connectivity index (χ0n) is 16.3. The summed E-state index contributed by atoms with van der Waals surface area (Å²) in [5, 5.41) is 3.88. The molecule has 0 radical (unpaired) electrons. The van der Waals surface area contributed by atoms with Crippen LogP contribution in [0.15, 0.2) is 63.5 Å². The van der Waals surface area contributed by atoms with Gasteiger partial charge in [0, 0.05) is 22.1 Å². The SMILES string of the molecule is CCSc1nsc(NC(=O)CSc2ccc(NS(=O)(=O)c3ccc(C)cc3)cc2)n1. The number of benzene rings is 2. The van der Waals surface area contributed by atoms with Gasteiger partial charge in [0.05, 0.1) is 10.6 Å². The Balaban J connectivity index is 1.52. The summed E-state index contributed by atoms with van der Waals surface area (Å²) in [7, 11) is -3.64. The molecule has 3 aromatic rings. The molecule has 2 aromatic carbocycles. The zero-order chi connectivity index (χ0) is 21.6. The number of carbonyl (C=O) groups excluding carboxylic acids is 1. The van der Waals surface area contributed by atoms with Crippen LogP contribution in [0.2, 0.25) is 0 Å². The van der Waals surface area contributed by atoms with Crippen LogP contribution >= 0.6 is 35.1 Å². The second kappa shape index (κ2) is 10.3. The molecule has 7 nitrogen and oxygen atoms in total. The molecular formula is C19H20N4O3S4. The smallest absolute Gasteiger partial charge is 0.261 e. The number of aromatic nitrogens is 2. The molecule has 158 valence electrons. The fraction of sp³-hybridized carbons (Fsp3) is 0.211. The Morgan fingerprint density at radius 1 is 1.07 bits per heavy atom. The molecule has 0 bridgehead atoms. The molecule has 0 unspecified atom stereocenters. The normalized spacial score (nSPS) is 11.3. The lowest BCUT2D eigenvalue weighted by molar-refractivity contribution is -0.113. The highest BCUT2D eigenvalue weighted by Crippen LogP contribution is 2.23. The molecule has 0 spiro atoms. The van der Waals surface area contributed by atoms with Gasteiger partial charge in [-0.15, -0.1) is 11.8 Å². The van der Waals surface area contributed by atoms with Crippen LogP contribution < -0.4 is 10.0 Å². The second-order valence-electron chi connectivity index (χ2n) is 6.09. The van der Waals surface area contributed by atoms with Crippen molar-refractivity contribution in [2.75, 3.05) is 21.5 Å². The topological polar surface area (TPSA) is 101 Å². The number of amides is 1. The van der Waals surface area contributed by atoms with Crippen molar-refractivity contribution in [1.82, 2.24) is 9.36 Å². The number of anilines is 2. The summed E-state index contributed by atoms with van der Waals surface area (Å²) in [5.74, 6) is 0.912. The average Bonchev–Trinajstić information content (AvgIpc) is 3.14. The number of hydrogen-bond donors (Lipinski definition) is 2. The third-order valence-corrected chi connectivity index (χ3v) is 7.62. The molecule has 0 aliphatic rings. The highest BCUT2D eigenvalue weighted by molar-refractivity contribution is 8.00. The number of hydrogen-bond acceptors (Lipinski definition) is 8. The molecule has 0 aliphatic heterocycles. The van der Waals surface area contributed by atoms with Crippen LogP contribution in [0.5, 0.6) is 0 Å². The first-order chi connectivity index (χ1) is 14.4. The fourth-order valence-electron chi connectivity index (χ4n) is 2.30. The molecule has 30 heavy (non-hydrogen) atoms. The van der Waals surface area contributed by atoms with E-state index in [2.05, 4.69) is 19.4 Å². The maximum atomic E-state index is 12.4. The summed E-state index contributed by atoms with van der Waals surface area (Å²) in [5.41, 5.74) is 1.45. The summed E-state index contributed by atoms with van der Waals surface area (Å²) < 4.78 is 31.6. The molecular weight excluding hydrogens is 461 g/mol. The maximum absolute atomic E-state index is 12.4. The number of rotatable bonds is 9. The molecule has 3 rings (SSSR count). The van der Waals surface area contributed by atoms with Crippen LogP contribution in [-0.4, -0.2) is 35.2 Å². The Morgan fingerprint density at radius 2 is 1.77 bits per heavy atom. The lowest BCUT2D eigenvalue weighted by atomic mass is 10.2. The number of aryl methyl sites for hydroxylation is 1. The van der Waals surface area contributed by atoms with Crippen molar-refractivity contribution in [3.05, 3.63) is 54.1 Å². The van der Waals surface area contributed by atoms with Gasteiger partial charge in [-0.05, 0) is 49.1 Å². The number of nitrogens with one attached hydrogen (secondary N) is 2. The maximum Gasteiger partial charge on any atom is 0.261 e. The highest BCUT2D eigenvalue weighted by atomic mass is 32.2. The van der Waals surface area contributed by atoms with Gasteiger partial charge in [-0.1, -0.05) is 36.4 Å². The van der Waals surface area contributed by atoms with Crippen LogP contribution in [0.25, 0.3) is 0 Å². The summed E-state index contributed by atoms with van der Waals surface area (Å²) in [6, 6.07) is 13.5. The second-order valence-corrected chi connectivity index (χ2v) is 10.8. The number of carbonyl (C=O) groups is 1. The van der Waals surface area contributed by atoms with E-state index in [-0.39, 0.29) is 16.6 Å². The molecule has 2 N–H and O–H groups in total. The first-order valence-corrected chi connectivity index (χ1v) is 13.2. The summed E-state index contributed by atoms with van der Waals surface area (Å²) in [4.78, 5) is 17.4. The van der Waals surface area contributed by atoms with E-state index in [0.29, 0.717) is 16.0 Å². The van der Waals surface area contributed by atoms with Crippen LogP contribution in [0.1, 0.15) is 12.5 Å². The van der Waals surface area contributed by atoms with E-state index in [0.717, 1.165) is 27.7 Å². The van der Waals surface area contributed by atoms with E-state index in [1.54, 1.807) is 48.5 Å². The van der Waals surface area contributed by atoms with E-state index < -0.39 is 10.0 Å². The van der Waals surface area contributed by atoms with E-state index in [4.69, 9.17) is 0 Å². The van der Waals surface area contributed by atoms with Gasteiger partial charge in [0.15, 0.2) is 0 Å². The van der Waals surface area contributed by atoms with Crippen molar-refractivity contribution in [3.8, 4) is 0 Å². The molecule has 0 saturated heterocycles. The third-order valence-electron chi connectivity index (χ3n) is 3.73. The summed E-state index contributed by atoms with van der Waals surface area (Å²) >= 11 is 4.03. The number of thioether (sulfide) groups is 2. The average molecular weight is 481 g/mol. The Morgan fingerprint density at radius 3 is 2.43 bits per heavy atom. The molecule has 1 amide bonds. The van der Waals surface area contributed by atoms with Gasteiger partial charge >= 0.3 is 0 Å². The van der Waals surface area contributed by atoms with Crippen molar-refractivity contribution < 1.29 is 13.2 Å². The number of sulfonamides is 1. The first kappa shape index (κ1) is 22.6. The predicted octanol–water partition coefficient (Wildman–Crippen LogP) is 4.49. The van der Waals surface area contributed by atoms with E-state index >= 15 is 0 Å². The highest BCUT2D eigenvalue weighted by Gasteiger charge is 2.14. The quantitative estimate of drug-likeness (QED) is 0.435. The van der Waals surface area contributed by atoms with Crippen LogP contribution in [0.4, 0.5) is 10.8 Å². The van der Waals surface area contributed by atoms with Crippen LogP contribution in [-0.2, 0) is 14.8 Å². The van der Waals surface area contributed by atoms with Gasteiger partial charge in [-0.3, -0.25) is 14.8 Å². The third kappa shape index (κ3) is 6.46. The van der Waals surface area contributed by atoms with Crippen molar-refractivity contribution in [2.24, 2.45) is 0 Å². The van der Waals surface area contributed by atoms with Crippen molar-refractivity contribution in [2.45, 2.75) is 28.8 Å². The zero-order valence-corrected chi connectivity index (χ0v) is 19.6. The lowest BCUT2D eigenvalue weighted by Gasteiger charge is -2.09. The Kier molecular flexibility index (Phi) is 7.75. The van der Waals surface area contributed by atoms with Gasteiger partial charge in [-0.25, -0.2) is 8.42 Å². The van der Waals surface area contributed by atoms with Crippen molar-refractivity contribution >= 4 is 61.8 Å².